The molecule has 2 heterocycles. The average Bonchev–Trinajstić information content (AvgIpc) is 2.54. The normalized spacial score (nSPS) is 18.0. The van der Waals surface area contributed by atoms with E-state index in [0.29, 0.717) is 18.2 Å². The predicted molar refractivity (Wildman–Crippen MR) is 94.2 cm³/mol. The van der Waals surface area contributed by atoms with Gasteiger partial charge in [-0.1, -0.05) is 0 Å². The summed E-state index contributed by atoms with van der Waals surface area (Å²) in [7, 11) is 0. The van der Waals surface area contributed by atoms with Crippen molar-refractivity contribution in [2.75, 3.05) is 19.6 Å². The first-order chi connectivity index (χ1) is 12.0. The number of allylic oxidation sites excluding steroid dienone is 3. The number of rotatable bonds is 1. The lowest BCUT2D eigenvalue weighted by Crippen LogP contribution is -2.43. The number of hydrogen-bond donors (Lipinski definition) is 4. The van der Waals surface area contributed by atoms with Crippen molar-refractivity contribution in [3.63, 3.8) is 0 Å². The minimum absolute atomic E-state index is 0.307. The highest BCUT2D eigenvalue weighted by atomic mass is 16.6. The van der Waals surface area contributed by atoms with Gasteiger partial charge in [-0.3, -0.25) is 4.90 Å². The zero-order chi connectivity index (χ0) is 19.9. The molecule has 0 atom stereocenters. The molecule has 0 bridgehead atoms. The molecule has 0 spiro atoms. The zero-order valence-corrected chi connectivity index (χ0v) is 15.3. The molecule has 0 aromatic carbocycles. The number of carboxylic acid groups (broad SMARTS) is 2. The molecular weight excluding hydrogens is 342 g/mol. The topological polar surface area (TPSA) is 142 Å². The van der Waals surface area contributed by atoms with Gasteiger partial charge in [-0.05, 0) is 58.9 Å². The van der Waals surface area contributed by atoms with Crippen LogP contribution in [0.2, 0.25) is 0 Å². The van der Waals surface area contributed by atoms with Crippen molar-refractivity contribution in [3.8, 4) is 0 Å². The van der Waals surface area contributed by atoms with Crippen LogP contribution in [0.5, 0.6) is 0 Å². The van der Waals surface area contributed by atoms with Gasteiger partial charge in [0.2, 0.25) is 0 Å². The minimum Gasteiger partial charge on any atom is -0.473 e. The van der Waals surface area contributed by atoms with E-state index in [9.17, 15) is 4.79 Å². The van der Waals surface area contributed by atoms with Gasteiger partial charge in [-0.2, -0.15) is 0 Å². The maximum absolute atomic E-state index is 12.4. The van der Waals surface area contributed by atoms with E-state index < -0.39 is 17.5 Å². The summed E-state index contributed by atoms with van der Waals surface area (Å²) < 4.78 is 5.49. The van der Waals surface area contributed by atoms with Crippen molar-refractivity contribution < 1.29 is 29.3 Å². The first-order valence-corrected chi connectivity index (χ1v) is 8.35. The fraction of sp³-hybridized carbons (Fsp3) is 0.588. The van der Waals surface area contributed by atoms with Gasteiger partial charge in [0, 0.05) is 17.3 Å². The zero-order valence-electron chi connectivity index (χ0n) is 15.3. The Balaban J connectivity index is 0.000000487. The number of carboxylic acids is 2. The van der Waals surface area contributed by atoms with Crippen molar-refractivity contribution in [3.05, 3.63) is 23.5 Å². The number of nitrogens with zero attached hydrogens (tertiary/aromatic N) is 1. The fourth-order valence-corrected chi connectivity index (χ4v) is 2.57. The monoisotopic (exact) mass is 369 g/mol. The SMILES string of the molecule is CC(C)(C)OC(=O)N1CC(N)=CC=C1C1CCNCC1.O=C(O)C(=O)O. The Morgan fingerprint density at radius 1 is 1.15 bits per heavy atom. The number of nitrogens with two attached hydrogens (primary N) is 1. The number of amides is 1. The van der Waals surface area contributed by atoms with Gasteiger partial charge in [-0.25, -0.2) is 14.4 Å². The van der Waals surface area contributed by atoms with E-state index in [2.05, 4.69) is 5.32 Å². The molecule has 26 heavy (non-hydrogen) atoms. The number of ether oxygens (including phenoxy) is 1. The van der Waals surface area contributed by atoms with Crippen molar-refractivity contribution in [1.82, 2.24) is 10.2 Å². The highest BCUT2D eigenvalue weighted by molar-refractivity contribution is 6.27. The summed E-state index contributed by atoms with van der Waals surface area (Å²) in [6.45, 7) is 8.03. The van der Waals surface area contributed by atoms with Gasteiger partial charge >= 0.3 is 18.0 Å². The van der Waals surface area contributed by atoms with Crippen LogP contribution in [0.3, 0.4) is 0 Å². The number of hydrogen-bond acceptors (Lipinski definition) is 6. The van der Waals surface area contributed by atoms with Crippen LogP contribution in [0.1, 0.15) is 33.6 Å². The maximum Gasteiger partial charge on any atom is 0.414 e. The van der Waals surface area contributed by atoms with Crippen molar-refractivity contribution in [2.45, 2.75) is 39.2 Å². The highest BCUT2D eigenvalue weighted by Crippen LogP contribution is 2.28. The molecule has 1 fully saturated rings. The second-order valence-electron chi connectivity index (χ2n) is 7.03. The van der Waals surface area contributed by atoms with E-state index in [1.165, 1.54) is 0 Å². The molecule has 0 saturated carbocycles. The number of nitrogens with one attached hydrogen (secondary N) is 1. The summed E-state index contributed by atoms with van der Waals surface area (Å²) >= 11 is 0. The summed E-state index contributed by atoms with van der Waals surface area (Å²) in [5, 5.41) is 18.1. The first-order valence-electron chi connectivity index (χ1n) is 8.35. The van der Waals surface area contributed by atoms with Crippen LogP contribution in [-0.4, -0.2) is 58.4 Å². The standard InChI is InChI=1S/C15H25N3O2.C2H2O4/c1-15(2,3)20-14(19)18-10-12(16)4-5-13(18)11-6-8-17-9-7-11;3-1(4)2(5)6/h4-5,11,17H,6-10,16H2,1-3H3;(H,3,4)(H,5,6). The smallest absolute Gasteiger partial charge is 0.414 e. The lowest BCUT2D eigenvalue weighted by Gasteiger charge is -2.35. The van der Waals surface area contributed by atoms with E-state index in [4.69, 9.17) is 30.3 Å². The molecule has 0 aliphatic carbocycles. The third kappa shape index (κ3) is 7.14. The molecule has 0 radical (unpaired) electrons. The molecule has 9 nitrogen and oxygen atoms in total. The predicted octanol–water partition coefficient (Wildman–Crippen LogP) is 1.12. The molecule has 0 unspecified atom stereocenters. The van der Waals surface area contributed by atoms with Crippen LogP contribution in [0.25, 0.3) is 0 Å². The Labute approximate surface area is 152 Å². The third-order valence-electron chi connectivity index (χ3n) is 3.67. The summed E-state index contributed by atoms with van der Waals surface area (Å²) in [5.41, 5.74) is 7.10. The number of carbonyl (C=O) groups is 3. The molecule has 2 rings (SSSR count). The molecule has 1 saturated heterocycles. The van der Waals surface area contributed by atoms with Gasteiger partial charge in [0.05, 0.1) is 6.54 Å². The third-order valence-corrected chi connectivity index (χ3v) is 3.67. The average molecular weight is 369 g/mol. The van der Waals surface area contributed by atoms with Gasteiger partial charge in [0.25, 0.3) is 0 Å². The van der Waals surface area contributed by atoms with Gasteiger partial charge < -0.3 is 26.0 Å². The lowest BCUT2D eigenvalue weighted by atomic mass is 9.92. The molecule has 1 amide bonds. The quantitative estimate of drug-likeness (QED) is 0.504. The largest absolute Gasteiger partial charge is 0.473 e. The second-order valence-corrected chi connectivity index (χ2v) is 7.03. The maximum atomic E-state index is 12.4. The summed E-state index contributed by atoms with van der Waals surface area (Å²) in [4.78, 5) is 32.3. The van der Waals surface area contributed by atoms with Gasteiger partial charge in [-0.15, -0.1) is 0 Å². The molecule has 2 aliphatic heterocycles. The van der Waals surface area contributed by atoms with E-state index >= 15 is 0 Å². The Hall–Kier alpha value is -2.55. The highest BCUT2D eigenvalue weighted by Gasteiger charge is 2.31. The molecule has 146 valence electrons. The summed E-state index contributed by atoms with van der Waals surface area (Å²) in [6.07, 6.45) is 5.65. The second kappa shape index (κ2) is 9.23. The van der Waals surface area contributed by atoms with E-state index in [1.807, 2.05) is 32.9 Å². The molecule has 0 aromatic heterocycles. The lowest BCUT2D eigenvalue weighted by molar-refractivity contribution is -0.159. The summed E-state index contributed by atoms with van der Waals surface area (Å²) in [6, 6.07) is 0. The van der Waals surface area contributed by atoms with Crippen molar-refractivity contribution in [1.29, 1.82) is 0 Å². The van der Waals surface area contributed by atoms with Crippen LogP contribution in [0, 0.1) is 5.92 Å². The molecule has 9 heteroatoms. The van der Waals surface area contributed by atoms with Crippen LogP contribution < -0.4 is 11.1 Å². The van der Waals surface area contributed by atoms with Crippen LogP contribution in [-0.2, 0) is 14.3 Å². The van der Waals surface area contributed by atoms with Crippen molar-refractivity contribution >= 4 is 18.0 Å². The van der Waals surface area contributed by atoms with Crippen LogP contribution in [0.4, 0.5) is 4.79 Å². The van der Waals surface area contributed by atoms with E-state index in [-0.39, 0.29) is 6.09 Å². The molecule has 5 N–H and O–H groups in total. The van der Waals surface area contributed by atoms with E-state index in [1.54, 1.807) is 4.90 Å². The van der Waals surface area contributed by atoms with Crippen molar-refractivity contribution in [2.24, 2.45) is 11.7 Å². The minimum atomic E-state index is -1.82. The summed E-state index contributed by atoms with van der Waals surface area (Å²) in [5.74, 6) is -3.25. The Morgan fingerprint density at radius 2 is 1.69 bits per heavy atom. The Kier molecular flexibility index (Phi) is 7.63. The number of carbonyl (C=O) groups excluding carboxylic acids is 1. The van der Waals surface area contributed by atoms with Gasteiger partial charge in [0.15, 0.2) is 0 Å². The van der Waals surface area contributed by atoms with Crippen LogP contribution in [0.15, 0.2) is 23.5 Å². The fourth-order valence-electron chi connectivity index (χ4n) is 2.57. The molecule has 0 aromatic rings. The Bertz CT molecular complexity index is 588. The molecule has 2 aliphatic rings. The molecular formula is C17H27N3O6. The van der Waals surface area contributed by atoms with Gasteiger partial charge in [0.1, 0.15) is 5.60 Å². The number of piperidine rings is 1. The number of aliphatic carboxylic acids is 2. The Morgan fingerprint density at radius 3 is 2.15 bits per heavy atom. The first kappa shape index (κ1) is 21.5. The van der Waals surface area contributed by atoms with E-state index in [0.717, 1.165) is 31.6 Å². The van der Waals surface area contributed by atoms with Crippen LogP contribution >= 0.6 is 0 Å².